The van der Waals surface area contributed by atoms with Gasteiger partial charge in [0.05, 0.1) is 6.26 Å². The van der Waals surface area contributed by atoms with Gasteiger partial charge in [-0.05, 0) is 19.3 Å². The zero-order valence-electron chi connectivity index (χ0n) is 12.5. The molecule has 1 unspecified atom stereocenters. The predicted molar refractivity (Wildman–Crippen MR) is 77.9 cm³/mol. The minimum Gasteiger partial charge on any atom is -0.351 e. The number of carbonyl (C=O) groups excluding carboxylic acids is 2. The molecule has 0 aliphatic carbocycles. The van der Waals surface area contributed by atoms with Crippen LogP contribution in [0.1, 0.15) is 26.2 Å². The molecule has 2 aliphatic rings. The monoisotopic (exact) mass is 317 g/mol. The van der Waals surface area contributed by atoms with Crippen LogP contribution in [0.3, 0.4) is 0 Å². The second-order valence-corrected chi connectivity index (χ2v) is 7.88. The summed E-state index contributed by atoms with van der Waals surface area (Å²) in [6, 6.07) is 0.0225. The van der Waals surface area contributed by atoms with Gasteiger partial charge < -0.3 is 10.2 Å². The molecule has 2 rings (SSSR count). The van der Waals surface area contributed by atoms with E-state index < -0.39 is 10.0 Å². The number of hydrogen-bond acceptors (Lipinski definition) is 4. The largest absolute Gasteiger partial charge is 0.351 e. The number of carbonyl (C=O) groups is 2. The molecule has 0 aromatic carbocycles. The quantitative estimate of drug-likeness (QED) is 0.753. The van der Waals surface area contributed by atoms with Crippen molar-refractivity contribution in [3.8, 4) is 0 Å². The Bertz CT molecular complexity index is 512. The molecule has 2 aliphatic heterocycles. The molecule has 0 spiro atoms. The second-order valence-electron chi connectivity index (χ2n) is 5.90. The van der Waals surface area contributed by atoms with Gasteiger partial charge in [0.15, 0.2) is 0 Å². The molecule has 2 heterocycles. The number of piperidine rings is 1. The molecule has 21 heavy (non-hydrogen) atoms. The van der Waals surface area contributed by atoms with Gasteiger partial charge in [-0.3, -0.25) is 9.59 Å². The van der Waals surface area contributed by atoms with Crippen molar-refractivity contribution in [1.29, 1.82) is 0 Å². The summed E-state index contributed by atoms with van der Waals surface area (Å²) >= 11 is 0. The standard InChI is InChI=1S/C13H23N3O4S/c1-10(17)15-6-5-12(9-15)14-13(18)11-3-7-16(8-4-11)21(2,19)20/h11-12H,3-9H2,1-2H3,(H,14,18). The summed E-state index contributed by atoms with van der Waals surface area (Å²) in [6.45, 7) is 3.60. The van der Waals surface area contributed by atoms with E-state index in [1.54, 1.807) is 4.90 Å². The number of nitrogens with zero attached hydrogens (tertiary/aromatic N) is 2. The number of amides is 2. The SMILES string of the molecule is CC(=O)N1CCC(NC(=O)C2CCN(S(C)(=O)=O)CC2)C1. The summed E-state index contributed by atoms with van der Waals surface area (Å²) in [5, 5.41) is 2.99. The van der Waals surface area contributed by atoms with E-state index in [1.165, 1.54) is 17.5 Å². The molecule has 0 radical (unpaired) electrons. The van der Waals surface area contributed by atoms with Crippen LogP contribution in [0.25, 0.3) is 0 Å². The van der Waals surface area contributed by atoms with Gasteiger partial charge in [-0.1, -0.05) is 0 Å². The first kappa shape index (κ1) is 16.2. The summed E-state index contributed by atoms with van der Waals surface area (Å²) in [6.07, 6.45) is 3.10. The Hall–Kier alpha value is -1.15. The van der Waals surface area contributed by atoms with Crippen LogP contribution in [0.5, 0.6) is 0 Å². The average molecular weight is 317 g/mol. The van der Waals surface area contributed by atoms with Crippen molar-refractivity contribution in [3.63, 3.8) is 0 Å². The molecule has 7 nitrogen and oxygen atoms in total. The zero-order valence-corrected chi connectivity index (χ0v) is 13.4. The van der Waals surface area contributed by atoms with Crippen LogP contribution in [0, 0.1) is 5.92 Å². The molecular formula is C13H23N3O4S. The molecule has 0 aromatic heterocycles. The maximum absolute atomic E-state index is 12.2. The number of rotatable bonds is 3. The highest BCUT2D eigenvalue weighted by Crippen LogP contribution is 2.20. The second kappa shape index (κ2) is 6.31. The minimum atomic E-state index is -3.16. The van der Waals surface area contributed by atoms with Crippen LogP contribution in [0.15, 0.2) is 0 Å². The third-order valence-electron chi connectivity index (χ3n) is 4.27. The first-order valence-electron chi connectivity index (χ1n) is 7.28. The topological polar surface area (TPSA) is 86.8 Å². The first-order chi connectivity index (χ1) is 9.77. The first-order valence-corrected chi connectivity index (χ1v) is 9.13. The van der Waals surface area contributed by atoms with E-state index in [-0.39, 0.29) is 23.8 Å². The highest BCUT2D eigenvalue weighted by molar-refractivity contribution is 7.88. The molecule has 1 atom stereocenters. The molecular weight excluding hydrogens is 294 g/mol. The third-order valence-corrected chi connectivity index (χ3v) is 5.58. The number of likely N-dealkylation sites (tertiary alicyclic amines) is 1. The Labute approximate surface area is 125 Å². The molecule has 2 fully saturated rings. The zero-order chi connectivity index (χ0) is 15.6. The molecule has 2 saturated heterocycles. The van der Waals surface area contributed by atoms with Crippen molar-refractivity contribution in [2.45, 2.75) is 32.2 Å². The van der Waals surface area contributed by atoms with Crippen molar-refractivity contribution >= 4 is 21.8 Å². The van der Waals surface area contributed by atoms with Crippen molar-refractivity contribution in [1.82, 2.24) is 14.5 Å². The summed E-state index contributed by atoms with van der Waals surface area (Å²) in [4.78, 5) is 25.2. The number of sulfonamides is 1. The minimum absolute atomic E-state index is 0.0152. The van der Waals surface area contributed by atoms with Crippen molar-refractivity contribution in [3.05, 3.63) is 0 Å². The lowest BCUT2D eigenvalue weighted by atomic mass is 9.97. The Morgan fingerprint density at radius 2 is 1.71 bits per heavy atom. The van der Waals surface area contributed by atoms with Crippen LogP contribution in [0.4, 0.5) is 0 Å². The maximum Gasteiger partial charge on any atom is 0.223 e. The van der Waals surface area contributed by atoms with E-state index >= 15 is 0 Å². The van der Waals surface area contributed by atoms with E-state index in [0.29, 0.717) is 39.0 Å². The highest BCUT2D eigenvalue weighted by Gasteiger charge is 2.31. The lowest BCUT2D eigenvalue weighted by Crippen LogP contribution is -2.45. The van der Waals surface area contributed by atoms with Crippen LogP contribution in [0.2, 0.25) is 0 Å². The summed E-state index contributed by atoms with van der Waals surface area (Å²) in [5.74, 6) is -0.110. The fourth-order valence-electron chi connectivity index (χ4n) is 2.93. The summed E-state index contributed by atoms with van der Waals surface area (Å²) in [7, 11) is -3.16. The van der Waals surface area contributed by atoms with E-state index in [1.807, 2.05) is 0 Å². The average Bonchev–Trinajstić information content (AvgIpc) is 2.86. The van der Waals surface area contributed by atoms with Gasteiger partial charge in [0.25, 0.3) is 0 Å². The van der Waals surface area contributed by atoms with Gasteiger partial charge in [0, 0.05) is 45.1 Å². The molecule has 8 heteroatoms. The number of nitrogens with one attached hydrogen (secondary N) is 1. The molecule has 0 saturated carbocycles. The van der Waals surface area contributed by atoms with Gasteiger partial charge in [0.2, 0.25) is 21.8 Å². The van der Waals surface area contributed by atoms with E-state index in [2.05, 4.69) is 5.32 Å². The van der Waals surface area contributed by atoms with Gasteiger partial charge in [-0.2, -0.15) is 0 Å². The van der Waals surface area contributed by atoms with Gasteiger partial charge in [-0.25, -0.2) is 12.7 Å². The van der Waals surface area contributed by atoms with E-state index in [9.17, 15) is 18.0 Å². The molecule has 0 bridgehead atoms. The fraction of sp³-hybridized carbons (Fsp3) is 0.846. The molecule has 120 valence electrons. The summed E-state index contributed by atoms with van der Waals surface area (Å²) in [5.41, 5.74) is 0. The maximum atomic E-state index is 12.2. The van der Waals surface area contributed by atoms with Crippen molar-refractivity contribution in [2.24, 2.45) is 5.92 Å². The number of hydrogen-bond donors (Lipinski definition) is 1. The van der Waals surface area contributed by atoms with Crippen LogP contribution >= 0.6 is 0 Å². The Morgan fingerprint density at radius 3 is 2.19 bits per heavy atom. The lowest BCUT2D eigenvalue weighted by molar-refractivity contribution is -0.129. The van der Waals surface area contributed by atoms with Gasteiger partial charge in [0.1, 0.15) is 0 Å². The predicted octanol–water partition coefficient (Wildman–Crippen LogP) is -0.605. The smallest absolute Gasteiger partial charge is 0.223 e. The van der Waals surface area contributed by atoms with Crippen LogP contribution < -0.4 is 5.32 Å². The molecule has 2 amide bonds. The Morgan fingerprint density at radius 1 is 1.10 bits per heavy atom. The van der Waals surface area contributed by atoms with Crippen molar-refractivity contribution in [2.75, 3.05) is 32.4 Å². The van der Waals surface area contributed by atoms with E-state index in [4.69, 9.17) is 0 Å². The van der Waals surface area contributed by atoms with Crippen LogP contribution in [-0.2, 0) is 19.6 Å². The lowest BCUT2D eigenvalue weighted by Gasteiger charge is -2.30. The summed E-state index contributed by atoms with van der Waals surface area (Å²) < 4.78 is 24.3. The van der Waals surface area contributed by atoms with E-state index in [0.717, 1.165) is 6.42 Å². The van der Waals surface area contributed by atoms with Crippen molar-refractivity contribution < 1.29 is 18.0 Å². The van der Waals surface area contributed by atoms with Gasteiger partial charge >= 0.3 is 0 Å². The van der Waals surface area contributed by atoms with Crippen LogP contribution in [-0.4, -0.2) is 67.9 Å². The Kier molecular flexibility index (Phi) is 4.88. The molecule has 1 N–H and O–H groups in total. The Balaban J connectivity index is 1.79. The third kappa shape index (κ3) is 4.16. The fourth-order valence-corrected chi connectivity index (χ4v) is 3.81. The highest BCUT2D eigenvalue weighted by atomic mass is 32.2. The molecule has 0 aromatic rings. The normalized spacial score (nSPS) is 25.0. The van der Waals surface area contributed by atoms with Gasteiger partial charge in [-0.15, -0.1) is 0 Å².